The molecule has 2 saturated heterocycles. The number of hydrogen-bond acceptors (Lipinski definition) is 2. The summed E-state index contributed by atoms with van der Waals surface area (Å²) < 4.78 is 0. The van der Waals surface area contributed by atoms with Gasteiger partial charge >= 0.3 is 0 Å². The van der Waals surface area contributed by atoms with Gasteiger partial charge in [0.15, 0.2) is 0 Å². The maximum absolute atomic E-state index is 13.0. The Bertz CT molecular complexity index is 357. The maximum atomic E-state index is 13.0. The van der Waals surface area contributed by atoms with Crippen molar-refractivity contribution in [1.82, 2.24) is 10.2 Å². The van der Waals surface area contributed by atoms with Gasteiger partial charge in [-0.25, -0.2) is 0 Å². The fourth-order valence-electron chi connectivity index (χ4n) is 4.78. The SMILES string of the molecule is CCC1CCCCCN1C(=O)C1CCC2CCCCC2N1. The van der Waals surface area contributed by atoms with Crippen LogP contribution in [-0.2, 0) is 4.79 Å². The smallest absolute Gasteiger partial charge is 0.239 e. The molecule has 0 aromatic rings. The maximum Gasteiger partial charge on any atom is 0.239 e. The van der Waals surface area contributed by atoms with Gasteiger partial charge in [-0.05, 0) is 50.9 Å². The van der Waals surface area contributed by atoms with Gasteiger partial charge in [0.2, 0.25) is 5.91 Å². The summed E-state index contributed by atoms with van der Waals surface area (Å²) >= 11 is 0. The second-order valence-electron chi connectivity index (χ2n) is 7.39. The Balaban J connectivity index is 1.63. The highest BCUT2D eigenvalue weighted by Gasteiger charge is 2.37. The van der Waals surface area contributed by atoms with Crippen LogP contribution in [0, 0.1) is 5.92 Å². The highest BCUT2D eigenvalue weighted by molar-refractivity contribution is 5.82. The van der Waals surface area contributed by atoms with Crippen LogP contribution in [0.25, 0.3) is 0 Å². The molecule has 0 aromatic carbocycles. The zero-order valence-corrected chi connectivity index (χ0v) is 13.7. The summed E-state index contributed by atoms with van der Waals surface area (Å²) in [7, 11) is 0. The summed E-state index contributed by atoms with van der Waals surface area (Å²) in [5.74, 6) is 1.25. The molecule has 2 heterocycles. The lowest BCUT2D eigenvalue weighted by Crippen LogP contribution is -2.57. The minimum absolute atomic E-state index is 0.108. The Labute approximate surface area is 129 Å². The fourth-order valence-corrected chi connectivity index (χ4v) is 4.78. The number of nitrogens with zero attached hydrogens (tertiary/aromatic N) is 1. The predicted molar refractivity (Wildman–Crippen MR) is 86.2 cm³/mol. The number of hydrogen-bond donors (Lipinski definition) is 1. The predicted octanol–water partition coefficient (Wildman–Crippen LogP) is 3.48. The van der Waals surface area contributed by atoms with Gasteiger partial charge in [-0.1, -0.05) is 32.6 Å². The molecule has 0 radical (unpaired) electrons. The van der Waals surface area contributed by atoms with E-state index in [9.17, 15) is 4.79 Å². The molecule has 3 fully saturated rings. The van der Waals surface area contributed by atoms with E-state index in [1.807, 2.05) is 0 Å². The summed E-state index contributed by atoms with van der Waals surface area (Å²) in [6, 6.07) is 1.22. The van der Waals surface area contributed by atoms with Crippen molar-refractivity contribution in [3.63, 3.8) is 0 Å². The number of rotatable bonds is 2. The first-order chi connectivity index (χ1) is 10.3. The van der Waals surface area contributed by atoms with Gasteiger partial charge in [-0.2, -0.15) is 0 Å². The molecule has 0 aromatic heterocycles. The molecule has 3 nitrogen and oxygen atoms in total. The van der Waals surface area contributed by atoms with E-state index < -0.39 is 0 Å². The molecular weight excluding hydrogens is 260 g/mol. The molecule has 1 saturated carbocycles. The molecule has 3 heteroatoms. The molecule has 0 bridgehead atoms. The highest BCUT2D eigenvalue weighted by Crippen LogP contribution is 2.33. The van der Waals surface area contributed by atoms with Gasteiger partial charge in [0.1, 0.15) is 0 Å². The van der Waals surface area contributed by atoms with Gasteiger partial charge in [0, 0.05) is 18.6 Å². The minimum Gasteiger partial charge on any atom is -0.338 e. The van der Waals surface area contributed by atoms with E-state index in [0.29, 0.717) is 18.0 Å². The summed E-state index contributed by atoms with van der Waals surface area (Å²) in [5.41, 5.74) is 0. The molecular formula is C18H32N2O. The zero-order valence-electron chi connectivity index (χ0n) is 13.7. The van der Waals surface area contributed by atoms with Crippen molar-refractivity contribution in [2.75, 3.05) is 6.54 Å². The molecule has 1 aliphatic carbocycles. The number of carbonyl (C=O) groups is 1. The van der Waals surface area contributed by atoms with Crippen LogP contribution >= 0.6 is 0 Å². The first-order valence-corrected chi connectivity index (χ1v) is 9.36. The number of amides is 1. The molecule has 1 amide bonds. The van der Waals surface area contributed by atoms with E-state index in [2.05, 4.69) is 17.1 Å². The van der Waals surface area contributed by atoms with E-state index in [1.54, 1.807) is 0 Å². The van der Waals surface area contributed by atoms with Crippen molar-refractivity contribution in [2.45, 2.75) is 95.7 Å². The van der Waals surface area contributed by atoms with Crippen LogP contribution in [0.1, 0.15) is 77.6 Å². The number of fused-ring (bicyclic) bond motifs is 1. The quantitative estimate of drug-likeness (QED) is 0.845. The largest absolute Gasteiger partial charge is 0.338 e. The van der Waals surface area contributed by atoms with Gasteiger partial charge in [0.25, 0.3) is 0 Å². The Morgan fingerprint density at radius 2 is 1.81 bits per heavy atom. The van der Waals surface area contributed by atoms with Crippen LogP contribution in [0.2, 0.25) is 0 Å². The standard InChI is InChI=1S/C18H32N2O/c1-2-15-9-4-3-7-13-20(15)18(21)17-12-11-14-8-5-6-10-16(14)19-17/h14-17,19H,2-13H2,1H3. The summed E-state index contributed by atoms with van der Waals surface area (Å²) in [5, 5.41) is 3.73. The highest BCUT2D eigenvalue weighted by atomic mass is 16.2. The van der Waals surface area contributed by atoms with Crippen LogP contribution in [0.4, 0.5) is 0 Å². The lowest BCUT2D eigenvalue weighted by molar-refractivity contribution is -0.137. The molecule has 120 valence electrons. The van der Waals surface area contributed by atoms with Crippen LogP contribution < -0.4 is 5.32 Å². The average Bonchev–Trinajstić information content (AvgIpc) is 2.79. The second-order valence-corrected chi connectivity index (χ2v) is 7.39. The molecule has 2 aliphatic heterocycles. The molecule has 21 heavy (non-hydrogen) atoms. The molecule has 1 N–H and O–H groups in total. The van der Waals surface area contributed by atoms with Crippen LogP contribution in [-0.4, -0.2) is 35.5 Å². The molecule has 0 spiro atoms. The van der Waals surface area contributed by atoms with Gasteiger partial charge in [0.05, 0.1) is 6.04 Å². The lowest BCUT2D eigenvalue weighted by atomic mass is 9.77. The monoisotopic (exact) mass is 292 g/mol. The van der Waals surface area contributed by atoms with Crippen LogP contribution in [0.15, 0.2) is 0 Å². The Morgan fingerprint density at radius 3 is 2.67 bits per heavy atom. The van der Waals surface area contributed by atoms with Crippen molar-refractivity contribution in [3.05, 3.63) is 0 Å². The van der Waals surface area contributed by atoms with Crippen molar-refractivity contribution in [3.8, 4) is 0 Å². The average molecular weight is 292 g/mol. The van der Waals surface area contributed by atoms with Crippen molar-refractivity contribution < 1.29 is 4.79 Å². The zero-order chi connectivity index (χ0) is 14.7. The van der Waals surface area contributed by atoms with E-state index >= 15 is 0 Å². The van der Waals surface area contributed by atoms with Gasteiger partial charge in [-0.15, -0.1) is 0 Å². The topological polar surface area (TPSA) is 32.3 Å². The molecule has 4 unspecified atom stereocenters. The normalized spacial score (nSPS) is 37.7. The molecule has 3 rings (SSSR count). The Hall–Kier alpha value is -0.570. The number of carbonyl (C=O) groups excluding carboxylic acids is 1. The van der Waals surface area contributed by atoms with E-state index in [0.717, 1.165) is 25.3 Å². The van der Waals surface area contributed by atoms with Crippen molar-refractivity contribution >= 4 is 5.91 Å². The summed E-state index contributed by atoms with van der Waals surface area (Å²) in [6.07, 6.45) is 13.8. The third-order valence-corrected chi connectivity index (χ3v) is 6.08. The Kier molecular flexibility index (Phi) is 5.20. The number of piperidine rings is 1. The molecule has 3 aliphatic rings. The second kappa shape index (κ2) is 7.13. The third kappa shape index (κ3) is 3.44. The van der Waals surface area contributed by atoms with Gasteiger partial charge < -0.3 is 10.2 Å². The van der Waals surface area contributed by atoms with Crippen LogP contribution in [0.5, 0.6) is 0 Å². The summed E-state index contributed by atoms with van der Waals surface area (Å²) in [6.45, 7) is 3.23. The van der Waals surface area contributed by atoms with Crippen molar-refractivity contribution in [1.29, 1.82) is 0 Å². The van der Waals surface area contributed by atoms with Crippen molar-refractivity contribution in [2.24, 2.45) is 5.92 Å². The van der Waals surface area contributed by atoms with E-state index in [1.165, 1.54) is 57.8 Å². The third-order valence-electron chi connectivity index (χ3n) is 6.08. The first kappa shape index (κ1) is 15.3. The van der Waals surface area contributed by atoms with Gasteiger partial charge in [-0.3, -0.25) is 4.79 Å². The van der Waals surface area contributed by atoms with Crippen LogP contribution in [0.3, 0.4) is 0 Å². The first-order valence-electron chi connectivity index (χ1n) is 9.36. The number of likely N-dealkylation sites (tertiary alicyclic amines) is 1. The number of nitrogens with one attached hydrogen (secondary N) is 1. The Morgan fingerprint density at radius 1 is 1.00 bits per heavy atom. The summed E-state index contributed by atoms with van der Waals surface area (Å²) in [4.78, 5) is 15.2. The van der Waals surface area contributed by atoms with E-state index in [-0.39, 0.29) is 6.04 Å². The molecule has 4 atom stereocenters. The fraction of sp³-hybridized carbons (Fsp3) is 0.944. The van der Waals surface area contributed by atoms with E-state index in [4.69, 9.17) is 0 Å². The minimum atomic E-state index is 0.108. The lowest BCUT2D eigenvalue weighted by Gasteiger charge is -2.42.